The molecule has 3 rings (SSSR count). The Labute approximate surface area is 121 Å². The summed E-state index contributed by atoms with van der Waals surface area (Å²) in [4.78, 5) is 0. The van der Waals surface area contributed by atoms with E-state index in [1.807, 2.05) is 0 Å². The van der Waals surface area contributed by atoms with Crippen LogP contribution in [0.4, 0.5) is 0 Å². The lowest BCUT2D eigenvalue weighted by Crippen LogP contribution is -2.31. The first-order valence-corrected chi connectivity index (χ1v) is 7.75. The van der Waals surface area contributed by atoms with Crippen LogP contribution in [-0.4, -0.2) is 12.6 Å². The van der Waals surface area contributed by atoms with Crippen LogP contribution in [0.1, 0.15) is 31.2 Å². The number of nitrogens with one attached hydrogen (secondary N) is 1. The second-order valence-corrected chi connectivity index (χ2v) is 6.09. The molecule has 0 unspecified atom stereocenters. The molecule has 1 fully saturated rings. The van der Waals surface area contributed by atoms with Gasteiger partial charge in [-0.2, -0.15) is 0 Å². The summed E-state index contributed by atoms with van der Waals surface area (Å²) in [5.41, 5.74) is 7.32. The third kappa shape index (κ3) is 3.38. The molecule has 2 aromatic rings. The molecular weight excluding hydrogens is 244 g/mol. The van der Waals surface area contributed by atoms with E-state index in [4.69, 9.17) is 5.73 Å². The Kier molecular flexibility index (Phi) is 4.34. The van der Waals surface area contributed by atoms with Gasteiger partial charge in [0.2, 0.25) is 0 Å². The van der Waals surface area contributed by atoms with Gasteiger partial charge in [-0.15, -0.1) is 0 Å². The van der Waals surface area contributed by atoms with E-state index in [1.165, 1.54) is 42.0 Å². The van der Waals surface area contributed by atoms with Crippen LogP contribution in [0.5, 0.6) is 0 Å². The van der Waals surface area contributed by atoms with Crippen LogP contribution < -0.4 is 11.1 Å². The molecule has 0 amide bonds. The molecule has 0 saturated heterocycles. The topological polar surface area (TPSA) is 38.0 Å². The van der Waals surface area contributed by atoms with Crippen molar-refractivity contribution in [1.29, 1.82) is 0 Å². The van der Waals surface area contributed by atoms with Crippen LogP contribution in [0, 0.1) is 5.92 Å². The summed E-state index contributed by atoms with van der Waals surface area (Å²) in [5.74, 6) is 0.815. The summed E-state index contributed by atoms with van der Waals surface area (Å²) in [7, 11) is 0. The summed E-state index contributed by atoms with van der Waals surface area (Å²) < 4.78 is 0. The van der Waals surface area contributed by atoms with Gasteiger partial charge in [-0.25, -0.2) is 0 Å². The van der Waals surface area contributed by atoms with Crippen molar-refractivity contribution in [1.82, 2.24) is 5.32 Å². The van der Waals surface area contributed by atoms with E-state index in [9.17, 15) is 0 Å². The SMILES string of the molecule is NC1CCC(CNCc2ccc3ccccc3c2)CC1. The molecule has 1 aliphatic carbocycles. The molecule has 0 atom stereocenters. The van der Waals surface area contributed by atoms with E-state index in [-0.39, 0.29) is 0 Å². The molecule has 2 heteroatoms. The molecule has 20 heavy (non-hydrogen) atoms. The van der Waals surface area contributed by atoms with Gasteiger partial charge in [0.05, 0.1) is 0 Å². The van der Waals surface area contributed by atoms with Crippen molar-refractivity contribution in [2.24, 2.45) is 11.7 Å². The van der Waals surface area contributed by atoms with Gasteiger partial charge in [-0.05, 0) is 60.5 Å². The van der Waals surface area contributed by atoms with Gasteiger partial charge in [0.1, 0.15) is 0 Å². The molecule has 1 aliphatic rings. The van der Waals surface area contributed by atoms with Crippen LogP contribution in [0.2, 0.25) is 0 Å². The van der Waals surface area contributed by atoms with Crippen molar-refractivity contribution in [2.45, 2.75) is 38.3 Å². The smallest absolute Gasteiger partial charge is 0.0205 e. The highest BCUT2D eigenvalue weighted by Crippen LogP contribution is 2.22. The van der Waals surface area contributed by atoms with E-state index in [2.05, 4.69) is 47.8 Å². The molecular formula is C18H24N2. The second kappa shape index (κ2) is 6.38. The maximum absolute atomic E-state index is 5.95. The van der Waals surface area contributed by atoms with Crippen molar-refractivity contribution in [3.05, 3.63) is 48.0 Å². The average molecular weight is 268 g/mol. The summed E-state index contributed by atoms with van der Waals surface area (Å²) in [6.07, 6.45) is 4.96. The number of fused-ring (bicyclic) bond motifs is 1. The fraction of sp³-hybridized carbons (Fsp3) is 0.444. The third-order valence-corrected chi connectivity index (χ3v) is 4.47. The molecule has 0 radical (unpaired) electrons. The van der Waals surface area contributed by atoms with Crippen molar-refractivity contribution in [2.75, 3.05) is 6.54 Å². The average Bonchev–Trinajstić information content (AvgIpc) is 2.49. The van der Waals surface area contributed by atoms with Crippen LogP contribution in [0.3, 0.4) is 0 Å². The standard InChI is InChI=1S/C18H24N2/c19-18-9-6-14(7-10-18)12-20-13-15-5-8-16-3-1-2-4-17(16)11-15/h1-5,8,11,14,18,20H,6-7,9-10,12-13,19H2. The molecule has 2 aromatic carbocycles. The Morgan fingerprint density at radius 1 is 0.950 bits per heavy atom. The zero-order valence-corrected chi connectivity index (χ0v) is 12.0. The van der Waals surface area contributed by atoms with Crippen molar-refractivity contribution < 1.29 is 0 Å². The minimum Gasteiger partial charge on any atom is -0.328 e. The Morgan fingerprint density at radius 3 is 2.50 bits per heavy atom. The number of hydrogen-bond donors (Lipinski definition) is 2. The van der Waals surface area contributed by atoms with Crippen molar-refractivity contribution in [3.63, 3.8) is 0 Å². The molecule has 0 heterocycles. The fourth-order valence-corrected chi connectivity index (χ4v) is 3.16. The lowest BCUT2D eigenvalue weighted by molar-refractivity contribution is 0.314. The number of benzene rings is 2. The Morgan fingerprint density at radius 2 is 1.70 bits per heavy atom. The molecule has 0 spiro atoms. The molecule has 2 nitrogen and oxygen atoms in total. The highest BCUT2D eigenvalue weighted by atomic mass is 14.9. The maximum Gasteiger partial charge on any atom is 0.0205 e. The zero-order chi connectivity index (χ0) is 13.8. The minimum absolute atomic E-state index is 0.451. The van der Waals surface area contributed by atoms with Crippen molar-refractivity contribution >= 4 is 10.8 Å². The predicted octanol–water partition coefficient (Wildman–Crippen LogP) is 3.45. The van der Waals surface area contributed by atoms with Crippen LogP contribution in [0.15, 0.2) is 42.5 Å². The number of hydrogen-bond acceptors (Lipinski definition) is 2. The maximum atomic E-state index is 5.95. The van der Waals surface area contributed by atoms with Crippen LogP contribution in [0.25, 0.3) is 10.8 Å². The molecule has 0 bridgehead atoms. The molecule has 0 aromatic heterocycles. The van der Waals surface area contributed by atoms with E-state index in [1.54, 1.807) is 0 Å². The van der Waals surface area contributed by atoms with Gasteiger partial charge < -0.3 is 11.1 Å². The highest BCUT2D eigenvalue weighted by Gasteiger charge is 2.17. The largest absolute Gasteiger partial charge is 0.328 e. The summed E-state index contributed by atoms with van der Waals surface area (Å²) in [6, 6.07) is 15.7. The molecule has 0 aliphatic heterocycles. The molecule has 1 saturated carbocycles. The van der Waals surface area contributed by atoms with Crippen LogP contribution in [-0.2, 0) is 6.54 Å². The van der Waals surface area contributed by atoms with Gasteiger partial charge in [0, 0.05) is 12.6 Å². The van der Waals surface area contributed by atoms with E-state index >= 15 is 0 Å². The fourth-order valence-electron chi connectivity index (χ4n) is 3.16. The quantitative estimate of drug-likeness (QED) is 0.891. The normalized spacial score (nSPS) is 23.1. The van der Waals surface area contributed by atoms with Gasteiger partial charge in [0.15, 0.2) is 0 Å². The first-order valence-electron chi connectivity index (χ1n) is 7.75. The van der Waals surface area contributed by atoms with Crippen molar-refractivity contribution in [3.8, 4) is 0 Å². The minimum atomic E-state index is 0.451. The number of nitrogens with two attached hydrogens (primary N) is 1. The summed E-state index contributed by atoms with van der Waals surface area (Å²) in [6.45, 7) is 2.09. The van der Waals surface area contributed by atoms with Gasteiger partial charge in [-0.1, -0.05) is 36.4 Å². The predicted molar refractivity (Wildman–Crippen MR) is 85.6 cm³/mol. The lowest BCUT2D eigenvalue weighted by atomic mass is 9.86. The Balaban J connectivity index is 1.52. The van der Waals surface area contributed by atoms with E-state index < -0.39 is 0 Å². The highest BCUT2D eigenvalue weighted by molar-refractivity contribution is 5.82. The summed E-state index contributed by atoms with van der Waals surface area (Å²) >= 11 is 0. The summed E-state index contributed by atoms with van der Waals surface area (Å²) in [5, 5.41) is 6.26. The zero-order valence-electron chi connectivity index (χ0n) is 12.0. The Hall–Kier alpha value is -1.38. The third-order valence-electron chi connectivity index (χ3n) is 4.47. The monoisotopic (exact) mass is 268 g/mol. The first kappa shape index (κ1) is 13.6. The van der Waals surface area contributed by atoms with Crippen LogP contribution >= 0.6 is 0 Å². The lowest BCUT2D eigenvalue weighted by Gasteiger charge is -2.26. The van der Waals surface area contributed by atoms with E-state index in [0.717, 1.165) is 19.0 Å². The first-order chi connectivity index (χ1) is 9.81. The second-order valence-electron chi connectivity index (χ2n) is 6.09. The molecule has 106 valence electrons. The number of rotatable bonds is 4. The Bertz CT molecular complexity index is 556. The van der Waals surface area contributed by atoms with E-state index in [0.29, 0.717) is 6.04 Å². The molecule has 3 N–H and O–H groups in total. The van der Waals surface area contributed by atoms with Gasteiger partial charge >= 0.3 is 0 Å². The van der Waals surface area contributed by atoms with Gasteiger partial charge in [0.25, 0.3) is 0 Å². The van der Waals surface area contributed by atoms with Gasteiger partial charge in [-0.3, -0.25) is 0 Å².